The van der Waals surface area contributed by atoms with E-state index in [1.165, 1.54) is 0 Å². The highest BCUT2D eigenvalue weighted by atomic mass is 79.9. The van der Waals surface area contributed by atoms with Crippen LogP contribution in [0.1, 0.15) is 19.4 Å². The maximum Gasteiger partial charge on any atom is 0.155 e. The second-order valence-corrected chi connectivity index (χ2v) is 8.94. The average Bonchev–Trinajstić information content (AvgIpc) is 2.32. The second-order valence-electron chi connectivity index (χ2n) is 4.29. The zero-order chi connectivity index (χ0) is 14.6. The molecule has 108 valence electrons. The van der Waals surface area contributed by atoms with Crippen LogP contribution in [-0.2, 0) is 15.7 Å². The Labute approximate surface area is 135 Å². The fraction of sp³-hybridized carbons (Fsp3) is 0.500. The summed E-state index contributed by atoms with van der Waals surface area (Å²) in [5.74, 6) is 0.993. The monoisotopic (exact) mass is 432 g/mol. The Bertz CT molecular complexity index is 521. The Hall–Kier alpha value is 0.220. The van der Waals surface area contributed by atoms with Gasteiger partial charge in [-0.25, -0.2) is 8.42 Å². The number of ether oxygens (including phenoxy) is 1. The Morgan fingerprint density at radius 1 is 1.26 bits per heavy atom. The molecule has 1 aromatic carbocycles. The van der Waals surface area contributed by atoms with Crippen molar-refractivity contribution in [2.24, 2.45) is 0 Å². The van der Waals surface area contributed by atoms with Gasteiger partial charge in [-0.2, -0.15) is 0 Å². The average molecular weight is 435 g/mol. The van der Waals surface area contributed by atoms with Crippen LogP contribution in [0.2, 0.25) is 0 Å². The smallest absolute Gasteiger partial charge is 0.155 e. The summed E-state index contributed by atoms with van der Waals surface area (Å²) in [6.07, 6.45) is 0. The third-order valence-corrected chi connectivity index (χ3v) is 6.20. The highest BCUT2D eigenvalue weighted by Gasteiger charge is 2.17. The molecule has 0 spiro atoms. The maximum absolute atomic E-state index is 11.7. The van der Waals surface area contributed by atoms with Crippen molar-refractivity contribution in [3.05, 3.63) is 26.6 Å². The molecule has 0 aromatic heterocycles. The first-order chi connectivity index (χ1) is 8.77. The molecule has 0 amide bonds. The molecule has 0 unspecified atom stereocenters. The molecule has 0 aliphatic heterocycles. The summed E-state index contributed by atoms with van der Waals surface area (Å²) in [6, 6.07) is 3.70. The Balaban J connectivity index is 2.74. The molecular weight excluding hydrogens is 419 g/mol. The summed E-state index contributed by atoms with van der Waals surface area (Å²) in [5.41, 5.74) is 0.947. The van der Waals surface area contributed by atoms with Gasteiger partial charge in [0.25, 0.3) is 0 Å². The molecule has 3 nitrogen and oxygen atoms in total. The van der Waals surface area contributed by atoms with Crippen molar-refractivity contribution in [2.45, 2.75) is 25.0 Å². The number of rotatable bonds is 6. The normalized spacial score (nSPS) is 11.9. The topological polar surface area (TPSA) is 43.4 Å². The van der Waals surface area contributed by atoms with E-state index in [0.29, 0.717) is 11.6 Å². The molecular formula is C12H15Br2ClO3S. The molecule has 0 aliphatic rings. The van der Waals surface area contributed by atoms with Crippen molar-refractivity contribution in [1.82, 2.24) is 0 Å². The first-order valence-electron chi connectivity index (χ1n) is 5.66. The van der Waals surface area contributed by atoms with Crippen molar-refractivity contribution in [2.75, 3.05) is 12.4 Å². The van der Waals surface area contributed by atoms with Crippen molar-refractivity contribution in [3.8, 4) is 5.75 Å². The zero-order valence-corrected chi connectivity index (χ0v) is 15.4. The van der Waals surface area contributed by atoms with Crippen LogP contribution in [0.4, 0.5) is 0 Å². The third kappa shape index (κ3) is 4.92. The zero-order valence-electron chi connectivity index (χ0n) is 10.6. The summed E-state index contributed by atoms with van der Waals surface area (Å²) >= 11 is 12.5. The van der Waals surface area contributed by atoms with E-state index in [1.807, 2.05) is 12.1 Å². The summed E-state index contributed by atoms with van der Waals surface area (Å²) in [6.45, 7) is 3.45. The van der Waals surface area contributed by atoms with Crippen LogP contribution < -0.4 is 4.74 Å². The summed E-state index contributed by atoms with van der Waals surface area (Å²) in [7, 11) is -3.08. The highest BCUT2D eigenvalue weighted by Crippen LogP contribution is 2.35. The Morgan fingerprint density at radius 3 is 2.21 bits per heavy atom. The fourth-order valence-corrected chi connectivity index (χ4v) is 3.77. The number of alkyl halides is 1. The minimum atomic E-state index is -3.08. The lowest BCUT2D eigenvalue weighted by Gasteiger charge is -2.13. The Morgan fingerprint density at radius 2 is 1.79 bits per heavy atom. The van der Waals surface area contributed by atoms with Crippen LogP contribution in [-0.4, -0.2) is 26.0 Å². The van der Waals surface area contributed by atoms with Gasteiger partial charge in [0.1, 0.15) is 12.4 Å². The van der Waals surface area contributed by atoms with Gasteiger partial charge in [0.05, 0.1) is 19.9 Å². The largest absolute Gasteiger partial charge is 0.490 e. The van der Waals surface area contributed by atoms with Crippen molar-refractivity contribution in [1.29, 1.82) is 0 Å². The number of benzene rings is 1. The predicted octanol–water partition coefficient (Wildman–Crippen LogP) is 4.15. The minimum absolute atomic E-state index is 0.000798. The molecule has 1 rings (SSSR count). The standard InChI is InChI=1S/C12H15Br2ClO3S/c1-8(2)19(16,17)4-3-18-12-10(13)5-9(7-15)6-11(12)14/h5-6,8H,3-4,7H2,1-2H3. The van der Waals surface area contributed by atoms with Crippen LogP contribution >= 0.6 is 43.5 Å². The van der Waals surface area contributed by atoms with Crippen LogP contribution in [0.15, 0.2) is 21.1 Å². The van der Waals surface area contributed by atoms with Gasteiger partial charge in [0.15, 0.2) is 9.84 Å². The highest BCUT2D eigenvalue weighted by molar-refractivity contribution is 9.11. The summed E-state index contributed by atoms with van der Waals surface area (Å²) < 4.78 is 30.4. The molecule has 7 heteroatoms. The van der Waals surface area contributed by atoms with E-state index in [2.05, 4.69) is 31.9 Å². The molecule has 0 atom stereocenters. The van der Waals surface area contributed by atoms with Gasteiger partial charge in [0.2, 0.25) is 0 Å². The first-order valence-corrected chi connectivity index (χ1v) is 9.49. The van der Waals surface area contributed by atoms with Crippen molar-refractivity contribution >= 4 is 53.3 Å². The van der Waals surface area contributed by atoms with E-state index in [0.717, 1.165) is 14.5 Å². The van der Waals surface area contributed by atoms with Gasteiger partial charge in [-0.15, -0.1) is 11.6 Å². The van der Waals surface area contributed by atoms with Crippen molar-refractivity contribution in [3.63, 3.8) is 0 Å². The molecule has 0 saturated carbocycles. The van der Waals surface area contributed by atoms with E-state index < -0.39 is 9.84 Å². The van der Waals surface area contributed by atoms with E-state index in [4.69, 9.17) is 16.3 Å². The molecule has 0 fully saturated rings. The third-order valence-electron chi connectivity index (χ3n) is 2.54. The summed E-state index contributed by atoms with van der Waals surface area (Å²) in [5, 5.41) is -0.387. The lowest BCUT2D eigenvalue weighted by atomic mass is 10.2. The fourth-order valence-electron chi connectivity index (χ4n) is 1.32. The van der Waals surface area contributed by atoms with Gasteiger partial charge < -0.3 is 4.74 Å². The predicted molar refractivity (Wildman–Crippen MR) is 85.8 cm³/mol. The number of hydrogen-bond donors (Lipinski definition) is 0. The lowest BCUT2D eigenvalue weighted by Crippen LogP contribution is -2.22. The molecule has 0 heterocycles. The Kier molecular flexibility index (Phi) is 6.63. The molecule has 0 radical (unpaired) electrons. The number of halogens is 3. The molecule has 0 bridgehead atoms. The van der Waals surface area contributed by atoms with Crippen LogP contribution in [0.3, 0.4) is 0 Å². The number of hydrogen-bond acceptors (Lipinski definition) is 3. The summed E-state index contributed by atoms with van der Waals surface area (Å²) in [4.78, 5) is 0. The van der Waals surface area contributed by atoms with Gasteiger partial charge in [-0.3, -0.25) is 0 Å². The molecule has 19 heavy (non-hydrogen) atoms. The first kappa shape index (κ1) is 17.3. The van der Waals surface area contributed by atoms with E-state index >= 15 is 0 Å². The van der Waals surface area contributed by atoms with Gasteiger partial charge >= 0.3 is 0 Å². The lowest BCUT2D eigenvalue weighted by molar-refractivity contribution is 0.336. The second kappa shape index (κ2) is 7.29. The van der Waals surface area contributed by atoms with Gasteiger partial charge in [-0.05, 0) is 63.4 Å². The van der Waals surface area contributed by atoms with Crippen molar-refractivity contribution < 1.29 is 13.2 Å². The maximum atomic E-state index is 11.7. The molecule has 0 aliphatic carbocycles. The van der Waals surface area contributed by atoms with Crippen LogP contribution in [0.25, 0.3) is 0 Å². The quantitative estimate of drug-likeness (QED) is 0.632. The van der Waals surface area contributed by atoms with Gasteiger partial charge in [0, 0.05) is 5.88 Å². The van der Waals surface area contributed by atoms with Crippen LogP contribution in [0.5, 0.6) is 5.75 Å². The van der Waals surface area contributed by atoms with E-state index in [9.17, 15) is 8.42 Å². The SMILES string of the molecule is CC(C)S(=O)(=O)CCOc1c(Br)cc(CCl)cc1Br. The molecule has 1 aromatic rings. The molecule has 0 N–H and O–H groups in total. The molecule has 0 saturated heterocycles. The van der Waals surface area contributed by atoms with Gasteiger partial charge in [-0.1, -0.05) is 0 Å². The minimum Gasteiger partial charge on any atom is -0.490 e. The van der Waals surface area contributed by atoms with E-state index in [1.54, 1.807) is 13.8 Å². The van der Waals surface area contributed by atoms with E-state index in [-0.39, 0.29) is 17.6 Å². The van der Waals surface area contributed by atoms with Crippen LogP contribution in [0, 0.1) is 0 Å². The number of sulfone groups is 1.